The number of carbonyl (C=O) groups excluding carboxylic acids is 1. The van der Waals surface area contributed by atoms with Gasteiger partial charge >= 0.3 is 5.97 Å². The lowest BCUT2D eigenvalue weighted by Gasteiger charge is -2.26. The van der Waals surface area contributed by atoms with Crippen LogP contribution in [0.4, 0.5) is 0 Å². The van der Waals surface area contributed by atoms with E-state index >= 15 is 0 Å². The van der Waals surface area contributed by atoms with Gasteiger partial charge in [-0.15, -0.1) is 0 Å². The van der Waals surface area contributed by atoms with Gasteiger partial charge in [-0.1, -0.05) is 12.1 Å². The van der Waals surface area contributed by atoms with Gasteiger partial charge in [-0.3, -0.25) is 14.5 Å². The number of aliphatic carboxylic acids is 1. The molecule has 0 spiro atoms. The van der Waals surface area contributed by atoms with E-state index in [2.05, 4.69) is 5.32 Å². The Kier molecular flexibility index (Phi) is 7.39. The molecule has 0 heterocycles. The van der Waals surface area contributed by atoms with E-state index in [1.54, 1.807) is 6.92 Å². The van der Waals surface area contributed by atoms with Crippen molar-refractivity contribution in [3.8, 4) is 5.75 Å². The summed E-state index contributed by atoms with van der Waals surface area (Å²) in [4.78, 5) is 24.0. The zero-order valence-corrected chi connectivity index (χ0v) is 13.3. The molecule has 1 aromatic rings. The molecule has 0 bridgehead atoms. The minimum Gasteiger partial charge on any atom is -0.494 e. The number of amides is 1. The molecular weight excluding hydrogens is 284 g/mol. The zero-order valence-electron chi connectivity index (χ0n) is 13.3. The summed E-state index contributed by atoms with van der Waals surface area (Å²) in [6.07, 6.45) is 0. The van der Waals surface area contributed by atoms with E-state index in [1.807, 2.05) is 36.1 Å². The van der Waals surface area contributed by atoms with Gasteiger partial charge in [0.2, 0.25) is 5.91 Å². The van der Waals surface area contributed by atoms with Crippen molar-refractivity contribution in [1.29, 1.82) is 0 Å². The molecule has 6 heteroatoms. The number of hydrogen-bond acceptors (Lipinski definition) is 4. The van der Waals surface area contributed by atoms with Gasteiger partial charge in [0.1, 0.15) is 11.8 Å². The van der Waals surface area contributed by atoms with E-state index in [0.29, 0.717) is 26.2 Å². The van der Waals surface area contributed by atoms with Crippen molar-refractivity contribution in [3.63, 3.8) is 0 Å². The quantitative estimate of drug-likeness (QED) is 0.723. The molecule has 22 heavy (non-hydrogen) atoms. The first kappa shape index (κ1) is 18.0. The van der Waals surface area contributed by atoms with Gasteiger partial charge in [0.15, 0.2) is 0 Å². The van der Waals surface area contributed by atoms with Crippen LogP contribution >= 0.6 is 0 Å². The van der Waals surface area contributed by atoms with Crippen molar-refractivity contribution in [2.75, 3.05) is 19.7 Å². The second kappa shape index (κ2) is 9.04. The van der Waals surface area contributed by atoms with E-state index in [1.165, 1.54) is 6.92 Å². The maximum atomic E-state index is 11.2. The fourth-order valence-electron chi connectivity index (χ4n) is 2.08. The third kappa shape index (κ3) is 6.13. The molecule has 1 rings (SSSR count). The number of nitrogens with zero attached hydrogens (tertiary/aromatic N) is 1. The Labute approximate surface area is 131 Å². The van der Waals surface area contributed by atoms with Gasteiger partial charge in [0.05, 0.1) is 6.61 Å². The first-order valence-electron chi connectivity index (χ1n) is 7.37. The molecule has 0 aliphatic carbocycles. The SMILES string of the molecule is CCOc1cccc(CN(CCNC(C)=O)C(C)C(=O)O)c1. The number of carboxylic acid groups (broad SMARTS) is 1. The normalized spacial score (nSPS) is 12.0. The Bertz CT molecular complexity index is 505. The number of ether oxygens (including phenoxy) is 1. The Balaban J connectivity index is 2.76. The summed E-state index contributed by atoms with van der Waals surface area (Å²) in [5, 5.41) is 11.9. The van der Waals surface area contributed by atoms with Crippen molar-refractivity contribution in [1.82, 2.24) is 10.2 Å². The fraction of sp³-hybridized carbons (Fsp3) is 0.500. The van der Waals surface area contributed by atoms with Crippen LogP contribution in [-0.4, -0.2) is 47.6 Å². The molecule has 0 aliphatic rings. The van der Waals surface area contributed by atoms with Gasteiger partial charge in [-0.25, -0.2) is 0 Å². The first-order chi connectivity index (χ1) is 10.4. The second-order valence-electron chi connectivity index (χ2n) is 5.05. The molecule has 2 N–H and O–H groups in total. The van der Waals surface area contributed by atoms with E-state index < -0.39 is 12.0 Å². The van der Waals surface area contributed by atoms with E-state index in [0.717, 1.165) is 11.3 Å². The van der Waals surface area contributed by atoms with Crippen molar-refractivity contribution in [2.24, 2.45) is 0 Å². The highest BCUT2D eigenvalue weighted by atomic mass is 16.5. The number of hydrogen-bond donors (Lipinski definition) is 2. The van der Waals surface area contributed by atoms with Crippen molar-refractivity contribution < 1.29 is 19.4 Å². The van der Waals surface area contributed by atoms with E-state index in [-0.39, 0.29) is 5.91 Å². The summed E-state index contributed by atoms with van der Waals surface area (Å²) in [6, 6.07) is 6.96. The monoisotopic (exact) mass is 308 g/mol. The van der Waals surface area contributed by atoms with Crippen LogP contribution in [-0.2, 0) is 16.1 Å². The lowest BCUT2D eigenvalue weighted by atomic mass is 10.1. The van der Waals surface area contributed by atoms with Crippen LogP contribution < -0.4 is 10.1 Å². The van der Waals surface area contributed by atoms with Crippen LogP contribution in [0, 0.1) is 0 Å². The number of nitrogens with one attached hydrogen (secondary N) is 1. The number of carbonyl (C=O) groups is 2. The second-order valence-corrected chi connectivity index (χ2v) is 5.05. The van der Waals surface area contributed by atoms with Crippen LogP contribution in [0.3, 0.4) is 0 Å². The maximum Gasteiger partial charge on any atom is 0.320 e. The van der Waals surface area contributed by atoms with Crippen molar-refractivity contribution >= 4 is 11.9 Å². The molecule has 0 saturated heterocycles. The Morgan fingerprint density at radius 1 is 1.41 bits per heavy atom. The van der Waals surface area contributed by atoms with Gasteiger partial charge in [-0.05, 0) is 31.5 Å². The Morgan fingerprint density at radius 2 is 2.14 bits per heavy atom. The number of benzene rings is 1. The van der Waals surface area contributed by atoms with Crippen LogP contribution in [0.15, 0.2) is 24.3 Å². The highest BCUT2D eigenvalue weighted by molar-refractivity contribution is 5.73. The highest BCUT2D eigenvalue weighted by Gasteiger charge is 2.20. The van der Waals surface area contributed by atoms with Crippen LogP contribution in [0.2, 0.25) is 0 Å². The largest absolute Gasteiger partial charge is 0.494 e. The molecule has 0 aliphatic heterocycles. The molecule has 1 aromatic carbocycles. The fourth-order valence-corrected chi connectivity index (χ4v) is 2.08. The topological polar surface area (TPSA) is 78.9 Å². The van der Waals surface area contributed by atoms with Crippen molar-refractivity contribution in [2.45, 2.75) is 33.4 Å². The van der Waals surface area contributed by atoms with Gasteiger partial charge in [0, 0.05) is 26.6 Å². The predicted octanol–water partition coefficient (Wildman–Crippen LogP) is 1.50. The molecule has 1 amide bonds. The lowest BCUT2D eigenvalue weighted by molar-refractivity contribution is -0.142. The molecule has 1 atom stereocenters. The van der Waals surface area contributed by atoms with Crippen molar-refractivity contribution in [3.05, 3.63) is 29.8 Å². The number of rotatable bonds is 9. The predicted molar refractivity (Wildman–Crippen MR) is 83.8 cm³/mol. The number of carboxylic acids is 1. The molecule has 6 nitrogen and oxygen atoms in total. The van der Waals surface area contributed by atoms with Gasteiger partial charge in [-0.2, -0.15) is 0 Å². The lowest BCUT2D eigenvalue weighted by Crippen LogP contribution is -2.42. The smallest absolute Gasteiger partial charge is 0.320 e. The average Bonchev–Trinajstić information content (AvgIpc) is 2.45. The first-order valence-corrected chi connectivity index (χ1v) is 7.37. The van der Waals surface area contributed by atoms with Crippen LogP contribution in [0.1, 0.15) is 26.3 Å². The Morgan fingerprint density at radius 3 is 2.73 bits per heavy atom. The molecule has 0 aromatic heterocycles. The van der Waals surface area contributed by atoms with E-state index in [9.17, 15) is 14.7 Å². The molecule has 0 fully saturated rings. The highest BCUT2D eigenvalue weighted by Crippen LogP contribution is 2.16. The summed E-state index contributed by atoms with van der Waals surface area (Å²) in [6.45, 7) is 6.94. The standard InChI is InChI=1S/C16H24N2O4/c1-4-22-15-7-5-6-14(10-15)11-18(12(2)16(20)21)9-8-17-13(3)19/h5-7,10,12H,4,8-9,11H2,1-3H3,(H,17,19)(H,20,21). The summed E-state index contributed by atoms with van der Waals surface area (Å²) in [7, 11) is 0. The van der Waals surface area contributed by atoms with Crippen LogP contribution in [0.25, 0.3) is 0 Å². The molecule has 122 valence electrons. The average molecular weight is 308 g/mol. The van der Waals surface area contributed by atoms with E-state index in [4.69, 9.17) is 4.74 Å². The maximum absolute atomic E-state index is 11.2. The summed E-state index contributed by atoms with van der Waals surface area (Å²) < 4.78 is 5.46. The third-order valence-electron chi connectivity index (χ3n) is 3.27. The summed E-state index contributed by atoms with van der Waals surface area (Å²) in [5.74, 6) is -0.241. The molecule has 1 unspecified atom stereocenters. The third-order valence-corrected chi connectivity index (χ3v) is 3.27. The molecule has 0 radical (unpaired) electrons. The van der Waals surface area contributed by atoms with Gasteiger partial charge < -0.3 is 15.2 Å². The summed E-state index contributed by atoms with van der Waals surface area (Å²) >= 11 is 0. The molecule has 0 saturated carbocycles. The minimum absolute atomic E-state index is 0.124. The molecular formula is C16H24N2O4. The Hall–Kier alpha value is -2.08. The van der Waals surface area contributed by atoms with Gasteiger partial charge in [0.25, 0.3) is 0 Å². The van der Waals surface area contributed by atoms with Crippen LogP contribution in [0.5, 0.6) is 5.75 Å². The minimum atomic E-state index is -0.885. The zero-order chi connectivity index (χ0) is 16.5. The summed E-state index contributed by atoms with van der Waals surface area (Å²) in [5.41, 5.74) is 0.974.